The number of carbonyl (C=O) groups excluding carboxylic acids is 2. The van der Waals surface area contributed by atoms with E-state index < -0.39 is 12.1 Å². The van der Waals surface area contributed by atoms with Gasteiger partial charge in [0.15, 0.2) is 0 Å². The third-order valence-electron chi connectivity index (χ3n) is 7.28. The van der Waals surface area contributed by atoms with Crippen molar-refractivity contribution in [3.05, 3.63) is 35.9 Å². The van der Waals surface area contributed by atoms with Crippen molar-refractivity contribution in [1.29, 1.82) is 0 Å². The van der Waals surface area contributed by atoms with Gasteiger partial charge in [-0.2, -0.15) is 0 Å². The molecule has 4 aliphatic carbocycles. The highest BCUT2D eigenvalue weighted by Crippen LogP contribution is 2.61. The van der Waals surface area contributed by atoms with Crippen molar-refractivity contribution in [2.24, 2.45) is 28.9 Å². The zero-order valence-corrected chi connectivity index (χ0v) is 16.1. The van der Waals surface area contributed by atoms with Crippen molar-refractivity contribution in [2.75, 3.05) is 0 Å². The molecule has 146 valence electrons. The number of nitrogens with one attached hydrogen (secondary N) is 2. The molecule has 0 aromatic heterocycles. The fourth-order valence-corrected chi connectivity index (χ4v) is 6.41. The van der Waals surface area contributed by atoms with Crippen molar-refractivity contribution >= 4 is 11.9 Å². The van der Waals surface area contributed by atoms with Crippen LogP contribution in [0, 0.1) is 23.2 Å². The Morgan fingerprint density at radius 1 is 1.04 bits per heavy atom. The highest BCUT2D eigenvalue weighted by atomic mass is 16.2. The summed E-state index contributed by atoms with van der Waals surface area (Å²) in [5.74, 6) is 2.42. The molecule has 4 N–H and O–H groups in total. The monoisotopic (exact) mass is 369 g/mol. The van der Waals surface area contributed by atoms with Gasteiger partial charge in [0, 0.05) is 12.5 Å². The van der Waals surface area contributed by atoms with Gasteiger partial charge in [0.05, 0.1) is 0 Å². The molecule has 4 fully saturated rings. The Bertz CT molecular complexity index is 667. The predicted octanol–water partition coefficient (Wildman–Crippen LogP) is 2.99. The number of benzene rings is 1. The van der Waals surface area contributed by atoms with E-state index in [1.54, 1.807) is 0 Å². The second kappa shape index (κ2) is 7.17. The van der Waals surface area contributed by atoms with Gasteiger partial charge in [0.1, 0.15) is 6.04 Å². The molecule has 1 aromatic carbocycles. The van der Waals surface area contributed by atoms with Gasteiger partial charge >= 0.3 is 6.03 Å². The summed E-state index contributed by atoms with van der Waals surface area (Å²) in [6.45, 7) is 2.16. The maximum Gasteiger partial charge on any atom is 0.312 e. The van der Waals surface area contributed by atoms with Crippen LogP contribution < -0.4 is 16.4 Å². The normalized spacial score (nSPS) is 33.3. The summed E-state index contributed by atoms with van der Waals surface area (Å²) in [4.78, 5) is 24.4. The van der Waals surface area contributed by atoms with Gasteiger partial charge < -0.3 is 16.4 Å². The molecular weight excluding hydrogens is 338 g/mol. The lowest BCUT2D eigenvalue weighted by Gasteiger charge is -2.59. The van der Waals surface area contributed by atoms with Gasteiger partial charge in [-0.15, -0.1) is 0 Å². The predicted molar refractivity (Wildman–Crippen MR) is 105 cm³/mol. The van der Waals surface area contributed by atoms with Crippen molar-refractivity contribution in [3.8, 4) is 0 Å². The molecule has 0 spiro atoms. The van der Waals surface area contributed by atoms with Crippen LogP contribution in [0.15, 0.2) is 30.3 Å². The first kappa shape index (κ1) is 18.3. The molecule has 0 aliphatic heterocycles. The summed E-state index contributed by atoms with van der Waals surface area (Å²) in [5.41, 5.74) is 6.58. The quantitative estimate of drug-likeness (QED) is 0.720. The minimum Gasteiger partial charge on any atom is -0.352 e. The van der Waals surface area contributed by atoms with Crippen LogP contribution >= 0.6 is 0 Å². The van der Waals surface area contributed by atoms with Crippen LogP contribution in [-0.2, 0) is 11.2 Å². The van der Waals surface area contributed by atoms with Gasteiger partial charge in [-0.25, -0.2) is 4.79 Å². The van der Waals surface area contributed by atoms with Crippen LogP contribution in [0.25, 0.3) is 0 Å². The topological polar surface area (TPSA) is 84.2 Å². The third kappa shape index (κ3) is 3.83. The molecular formula is C22H31N3O2. The average Bonchev–Trinajstić information content (AvgIpc) is 2.60. The number of rotatable bonds is 6. The number of nitrogens with two attached hydrogens (primary N) is 1. The van der Waals surface area contributed by atoms with E-state index >= 15 is 0 Å². The summed E-state index contributed by atoms with van der Waals surface area (Å²) < 4.78 is 0. The van der Waals surface area contributed by atoms with E-state index in [2.05, 4.69) is 17.6 Å². The maximum absolute atomic E-state index is 13.0. The SMILES string of the molecule is C[C@H](NC(=O)[C@H](Cc1ccccc1)NC(N)=O)C12CC3CC(CC(C3)C1)C2. The van der Waals surface area contributed by atoms with Gasteiger partial charge in [-0.3, -0.25) is 4.79 Å². The lowest BCUT2D eigenvalue weighted by Crippen LogP contribution is -2.59. The van der Waals surface area contributed by atoms with E-state index in [1.807, 2.05) is 30.3 Å². The van der Waals surface area contributed by atoms with Crippen LogP contribution in [0.1, 0.15) is 51.0 Å². The Morgan fingerprint density at radius 3 is 2.11 bits per heavy atom. The second-order valence-corrected chi connectivity index (χ2v) is 9.26. The van der Waals surface area contributed by atoms with Crippen LogP contribution in [0.5, 0.6) is 0 Å². The van der Waals surface area contributed by atoms with E-state index in [0.717, 1.165) is 23.3 Å². The standard InChI is InChI=1S/C22H31N3O2/c1-14(22-11-16-7-17(12-22)9-18(8-16)13-22)24-20(26)19(25-21(23)27)10-15-5-3-2-4-6-15/h2-6,14,16-19H,7-13H2,1H3,(H,24,26)(H3,23,25,27)/t14-,16?,17?,18?,19-,22?/m0/s1. The molecule has 0 unspecified atom stereocenters. The Labute approximate surface area is 161 Å². The molecule has 0 heterocycles. The Kier molecular flexibility index (Phi) is 4.87. The van der Waals surface area contributed by atoms with Crippen LogP contribution in [0.4, 0.5) is 4.79 Å². The minimum atomic E-state index is -0.659. The fourth-order valence-electron chi connectivity index (χ4n) is 6.41. The Balaban J connectivity index is 1.44. The molecule has 4 saturated carbocycles. The number of hydrogen-bond acceptors (Lipinski definition) is 2. The molecule has 0 saturated heterocycles. The molecule has 27 heavy (non-hydrogen) atoms. The number of amides is 3. The second-order valence-electron chi connectivity index (χ2n) is 9.26. The molecule has 0 radical (unpaired) electrons. The highest BCUT2D eigenvalue weighted by molar-refractivity contribution is 5.87. The molecule has 2 atom stereocenters. The van der Waals surface area contributed by atoms with Crippen molar-refractivity contribution in [2.45, 2.75) is 64.0 Å². The van der Waals surface area contributed by atoms with Crippen LogP contribution in [0.3, 0.4) is 0 Å². The number of hydrogen-bond donors (Lipinski definition) is 3. The highest BCUT2D eigenvalue weighted by Gasteiger charge is 2.53. The zero-order valence-electron chi connectivity index (χ0n) is 16.1. The van der Waals surface area contributed by atoms with Crippen LogP contribution in [0.2, 0.25) is 0 Å². The van der Waals surface area contributed by atoms with E-state index in [4.69, 9.17) is 5.73 Å². The van der Waals surface area contributed by atoms with Gasteiger partial charge in [0.2, 0.25) is 5.91 Å². The van der Waals surface area contributed by atoms with E-state index in [9.17, 15) is 9.59 Å². The number of carbonyl (C=O) groups is 2. The summed E-state index contributed by atoms with van der Waals surface area (Å²) in [6, 6.07) is 8.58. The smallest absolute Gasteiger partial charge is 0.312 e. The summed E-state index contributed by atoms with van der Waals surface area (Å²) in [6.07, 6.45) is 8.34. The first-order chi connectivity index (χ1) is 12.9. The average molecular weight is 370 g/mol. The van der Waals surface area contributed by atoms with Crippen molar-refractivity contribution in [3.63, 3.8) is 0 Å². The molecule has 4 bridgehead atoms. The summed E-state index contributed by atoms with van der Waals surface area (Å²) in [7, 11) is 0. The van der Waals surface area contributed by atoms with Gasteiger partial charge in [-0.05, 0) is 74.2 Å². The summed E-state index contributed by atoms with van der Waals surface area (Å²) >= 11 is 0. The van der Waals surface area contributed by atoms with E-state index in [1.165, 1.54) is 38.5 Å². The zero-order chi connectivity index (χ0) is 19.0. The van der Waals surface area contributed by atoms with Crippen molar-refractivity contribution in [1.82, 2.24) is 10.6 Å². The molecule has 3 amide bonds. The van der Waals surface area contributed by atoms with Crippen LogP contribution in [-0.4, -0.2) is 24.0 Å². The number of urea groups is 1. The molecule has 5 nitrogen and oxygen atoms in total. The first-order valence-corrected chi connectivity index (χ1v) is 10.3. The molecule has 5 rings (SSSR count). The molecule has 1 aromatic rings. The summed E-state index contributed by atoms with van der Waals surface area (Å²) in [5, 5.41) is 5.89. The van der Waals surface area contributed by atoms with Gasteiger partial charge in [-0.1, -0.05) is 30.3 Å². The van der Waals surface area contributed by atoms with E-state index in [-0.39, 0.29) is 17.4 Å². The Morgan fingerprint density at radius 2 is 1.59 bits per heavy atom. The van der Waals surface area contributed by atoms with Crippen molar-refractivity contribution < 1.29 is 9.59 Å². The van der Waals surface area contributed by atoms with Gasteiger partial charge in [0.25, 0.3) is 0 Å². The lowest BCUT2D eigenvalue weighted by atomic mass is 9.48. The maximum atomic E-state index is 13.0. The fraction of sp³-hybridized carbons (Fsp3) is 0.636. The minimum absolute atomic E-state index is 0.124. The third-order valence-corrected chi connectivity index (χ3v) is 7.28. The molecule has 5 heteroatoms. The molecule has 4 aliphatic rings. The largest absolute Gasteiger partial charge is 0.352 e. The number of primary amides is 1. The Hall–Kier alpha value is -2.04. The van der Waals surface area contributed by atoms with E-state index in [0.29, 0.717) is 6.42 Å². The lowest BCUT2D eigenvalue weighted by molar-refractivity contribution is -0.127. The first-order valence-electron chi connectivity index (χ1n) is 10.3.